The highest BCUT2D eigenvalue weighted by molar-refractivity contribution is 14.1. The second kappa shape index (κ2) is 12.6. The van der Waals surface area contributed by atoms with Crippen LogP contribution in [0.15, 0.2) is 115 Å². The van der Waals surface area contributed by atoms with Crippen molar-refractivity contribution < 1.29 is 19.1 Å². The van der Waals surface area contributed by atoms with Crippen molar-refractivity contribution in [2.75, 3.05) is 16.9 Å². The fraction of sp³-hybridized carbons (Fsp3) is 0.0833. The van der Waals surface area contributed by atoms with E-state index in [-0.39, 0.29) is 10.7 Å². The van der Waals surface area contributed by atoms with Gasteiger partial charge in [0.2, 0.25) is 0 Å². The first-order valence-electron chi connectivity index (χ1n) is 13.9. The fourth-order valence-electron chi connectivity index (χ4n) is 5.25. The number of carbonyl (C=O) groups is 2. The Bertz CT molecular complexity index is 1880. The van der Waals surface area contributed by atoms with Crippen molar-refractivity contribution in [1.29, 1.82) is 0 Å². The molecule has 2 amide bonds. The molecule has 6 nitrogen and oxygen atoms in total. The number of benzene rings is 5. The summed E-state index contributed by atoms with van der Waals surface area (Å²) in [6, 6.07) is 34.2. The first-order valence-corrected chi connectivity index (χ1v) is 15.4. The van der Waals surface area contributed by atoms with E-state index in [9.17, 15) is 9.59 Å². The maximum absolute atomic E-state index is 13.9. The molecular weight excluding hydrogens is 683 g/mol. The molecular formula is C36H27IN2O4S. The molecule has 0 aromatic heterocycles. The molecule has 1 aliphatic heterocycles. The number of para-hydroxylation sites is 2. The maximum atomic E-state index is 13.9. The predicted octanol–water partition coefficient (Wildman–Crippen LogP) is 8.09. The molecule has 5 aromatic rings. The second-order valence-corrected chi connectivity index (χ2v) is 11.7. The average molecular weight is 711 g/mol. The summed E-state index contributed by atoms with van der Waals surface area (Å²) in [7, 11) is 1.57. The van der Waals surface area contributed by atoms with E-state index in [0.717, 1.165) is 25.5 Å². The number of nitrogens with zero attached hydrogens (tertiary/aromatic N) is 2. The highest BCUT2D eigenvalue weighted by Crippen LogP contribution is 2.37. The number of ether oxygens (including phenoxy) is 2. The Balaban J connectivity index is 1.38. The number of thiocarbonyl (C=S) groups is 1. The van der Waals surface area contributed by atoms with E-state index in [2.05, 4.69) is 53.8 Å². The van der Waals surface area contributed by atoms with Crippen molar-refractivity contribution in [2.45, 2.75) is 13.5 Å². The smallest absolute Gasteiger partial charge is 0.270 e. The van der Waals surface area contributed by atoms with E-state index in [1.54, 1.807) is 43.5 Å². The Morgan fingerprint density at radius 2 is 1.39 bits per heavy atom. The van der Waals surface area contributed by atoms with Crippen molar-refractivity contribution >= 4 is 80.0 Å². The van der Waals surface area contributed by atoms with Gasteiger partial charge in [-0.3, -0.25) is 19.4 Å². The topological polar surface area (TPSA) is 59.1 Å². The largest absolute Gasteiger partial charge is 0.493 e. The quantitative estimate of drug-likeness (QED) is 0.0740. The average Bonchev–Trinajstić information content (AvgIpc) is 3.04. The van der Waals surface area contributed by atoms with Crippen LogP contribution in [0.4, 0.5) is 11.4 Å². The third-order valence-electron chi connectivity index (χ3n) is 7.48. The lowest BCUT2D eigenvalue weighted by atomic mass is 10.0. The molecule has 1 fully saturated rings. The summed E-state index contributed by atoms with van der Waals surface area (Å²) in [6.45, 7) is 2.43. The van der Waals surface area contributed by atoms with E-state index < -0.39 is 11.8 Å². The van der Waals surface area contributed by atoms with Gasteiger partial charge in [0.1, 0.15) is 12.2 Å². The summed E-state index contributed by atoms with van der Waals surface area (Å²) < 4.78 is 12.9. The number of rotatable bonds is 7. The maximum Gasteiger partial charge on any atom is 0.270 e. The lowest BCUT2D eigenvalue weighted by Crippen LogP contribution is -2.56. The van der Waals surface area contributed by atoms with E-state index in [4.69, 9.17) is 21.7 Å². The Labute approximate surface area is 274 Å². The van der Waals surface area contributed by atoms with Crippen LogP contribution in [0, 0.1) is 10.5 Å². The highest BCUT2D eigenvalue weighted by Gasteiger charge is 2.41. The molecule has 0 atom stereocenters. The number of aryl methyl sites for hydroxylation is 1. The number of hydrogen-bond donors (Lipinski definition) is 0. The van der Waals surface area contributed by atoms with Gasteiger partial charge in [-0.05, 0) is 106 Å². The SMILES string of the molecule is COc1cc(C=C2C(=O)N(c3ccccc3)C(=S)N(c3ccccc3)C2=O)cc(I)c1OCc1c(C)ccc2ccccc12. The van der Waals surface area contributed by atoms with Crippen molar-refractivity contribution in [3.63, 3.8) is 0 Å². The number of methoxy groups -OCH3 is 1. The zero-order valence-electron chi connectivity index (χ0n) is 24.0. The summed E-state index contributed by atoms with van der Waals surface area (Å²) in [6.07, 6.45) is 1.58. The zero-order valence-corrected chi connectivity index (χ0v) is 27.0. The van der Waals surface area contributed by atoms with Gasteiger partial charge >= 0.3 is 0 Å². The monoisotopic (exact) mass is 710 g/mol. The molecule has 6 rings (SSSR count). The Hall–Kier alpha value is -4.54. The van der Waals surface area contributed by atoms with Crippen LogP contribution in [-0.2, 0) is 16.2 Å². The highest BCUT2D eigenvalue weighted by atomic mass is 127. The molecule has 0 bridgehead atoms. The minimum atomic E-state index is -0.501. The van der Waals surface area contributed by atoms with E-state index >= 15 is 0 Å². The van der Waals surface area contributed by atoms with Crippen LogP contribution >= 0.6 is 34.8 Å². The van der Waals surface area contributed by atoms with Gasteiger partial charge < -0.3 is 9.47 Å². The van der Waals surface area contributed by atoms with Crippen LogP contribution in [-0.4, -0.2) is 24.0 Å². The third kappa shape index (κ3) is 5.58. The molecule has 0 unspecified atom stereocenters. The van der Waals surface area contributed by atoms with E-state index in [0.29, 0.717) is 35.0 Å². The van der Waals surface area contributed by atoms with Gasteiger partial charge in [-0.15, -0.1) is 0 Å². The molecule has 1 heterocycles. The lowest BCUT2D eigenvalue weighted by Gasteiger charge is -2.36. The molecule has 0 saturated carbocycles. The molecule has 8 heteroatoms. The van der Waals surface area contributed by atoms with Gasteiger partial charge in [-0.25, -0.2) is 0 Å². The first kappa shape index (κ1) is 29.5. The minimum absolute atomic E-state index is 0.0239. The summed E-state index contributed by atoms with van der Waals surface area (Å²) >= 11 is 7.91. The molecule has 0 spiro atoms. The minimum Gasteiger partial charge on any atom is -0.493 e. The van der Waals surface area contributed by atoms with Gasteiger partial charge in [-0.2, -0.15) is 0 Å². The van der Waals surface area contributed by atoms with Crippen LogP contribution < -0.4 is 19.3 Å². The van der Waals surface area contributed by atoms with Crippen molar-refractivity contribution in [2.24, 2.45) is 0 Å². The molecule has 0 N–H and O–H groups in total. The third-order valence-corrected chi connectivity index (χ3v) is 8.64. The molecule has 44 heavy (non-hydrogen) atoms. The number of anilines is 2. The van der Waals surface area contributed by atoms with Crippen molar-refractivity contribution in [1.82, 2.24) is 0 Å². The summed E-state index contributed by atoms with van der Waals surface area (Å²) in [5.74, 6) is 0.0767. The van der Waals surface area contributed by atoms with Gasteiger partial charge in [0.15, 0.2) is 16.6 Å². The second-order valence-electron chi connectivity index (χ2n) is 10.2. The van der Waals surface area contributed by atoms with E-state index in [1.165, 1.54) is 9.80 Å². The molecule has 5 aromatic carbocycles. The summed E-state index contributed by atoms with van der Waals surface area (Å²) in [4.78, 5) is 30.6. The van der Waals surface area contributed by atoms with Crippen LogP contribution in [0.25, 0.3) is 16.8 Å². The Morgan fingerprint density at radius 1 is 0.795 bits per heavy atom. The molecule has 218 valence electrons. The Morgan fingerprint density at radius 3 is 2.00 bits per heavy atom. The fourth-order valence-corrected chi connectivity index (χ4v) is 6.41. The van der Waals surface area contributed by atoms with Gasteiger partial charge in [-0.1, -0.05) is 72.8 Å². The van der Waals surface area contributed by atoms with Crippen LogP contribution in [0.1, 0.15) is 16.7 Å². The van der Waals surface area contributed by atoms with Crippen molar-refractivity contribution in [3.05, 3.63) is 135 Å². The number of halogens is 1. The first-order chi connectivity index (χ1) is 21.4. The summed E-state index contributed by atoms with van der Waals surface area (Å²) in [5.41, 5.74) is 3.97. The number of carbonyl (C=O) groups excluding carboxylic acids is 2. The van der Waals surface area contributed by atoms with Gasteiger partial charge in [0.25, 0.3) is 11.8 Å². The standard InChI is InChI=1S/C36H27IN2O4S/c1-23-17-18-25-11-9-10-16-28(25)30(23)22-43-33-31(37)20-24(21-32(33)42-2)19-29-34(40)38(26-12-5-3-6-13-26)36(44)39(35(29)41)27-14-7-4-8-15-27/h3-21H,22H2,1-2H3. The molecule has 0 aliphatic carbocycles. The van der Waals surface area contributed by atoms with Crippen molar-refractivity contribution in [3.8, 4) is 11.5 Å². The molecule has 1 aliphatic rings. The van der Waals surface area contributed by atoms with Crippen LogP contribution in [0.2, 0.25) is 0 Å². The lowest BCUT2D eigenvalue weighted by molar-refractivity contribution is -0.120. The molecule has 0 radical (unpaired) electrons. The summed E-state index contributed by atoms with van der Waals surface area (Å²) in [5, 5.41) is 2.38. The Kier molecular flexibility index (Phi) is 8.45. The van der Waals surface area contributed by atoms with Crippen LogP contribution in [0.5, 0.6) is 11.5 Å². The normalized spacial score (nSPS) is 13.4. The number of hydrogen-bond acceptors (Lipinski definition) is 5. The van der Waals surface area contributed by atoms with E-state index in [1.807, 2.05) is 54.6 Å². The number of fused-ring (bicyclic) bond motifs is 1. The molecule has 1 saturated heterocycles. The van der Waals surface area contributed by atoms with Gasteiger partial charge in [0.05, 0.1) is 22.1 Å². The van der Waals surface area contributed by atoms with Crippen LogP contribution in [0.3, 0.4) is 0 Å². The zero-order chi connectivity index (χ0) is 30.8. The predicted molar refractivity (Wildman–Crippen MR) is 187 cm³/mol. The number of amides is 2. The van der Waals surface area contributed by atoms with Gasteiger partial charge in [0, 0.05) is 5.56 Å².